The molecule has 0 saturated carbocycles. The molecule has 0 spiro atoms. The third-order valence-electron chi connectivity index (χ3n) is 2.41. The van der Waals surface area contributed by atoms with Gasteiger partial charge in [0.25, 0.3) is 0 Å². The van der Waals surface area contributed by atoms with E-state index in [0.717, 1.165) is 5.92 Å². The summed E-state index contributed by atoms with van der Waals surface area (Å²) in [5.41, 5.74) is 0. The maximum absolute atomic E-state index is 5.99. The van der Waals surface area contributed by atoms with Crippen LogP contribution in [-0.4, -0.2) is 30.4 Å². The Bertz CT molecular complexity index is 95.4. The molecule has 1 fully saturated rings. The van der Waals surface area contributed by atoms with Gasteiger partial charge in [-0.05, 0) is 45.8 Å². The van der Waals surface area contributed by atoms with E-state index in [4.69, 9.17) is 11.6 Å². The molecular weight excluding hydrogens is 146 g/mol. The number of piperidine rings is 1. The van der Waals surface area contributed by atoms with Crippen LogP contribution in [0.3, 0.4) is 0 Å². The number of halogens is 1. The smallest absolute Gasteiger partial charge is 0.0337 e. The second kappa shape index (κ2) is 3.59. The van der Waals surface area contributed by atoms with Crippen molar-refractivity contribution in [3.63, 3.8) is 0 Å². The molecule has 1 rings (SSSR count). The van der Waals surface area contributed by atoms with Gasteiger partial charge in [0, 0.05) is 5.38 Å². The summed E-state index contributed by atoms with van der Waals surface area (Å²) in [5, 5.41) is 0.369. The summed E-state index contributed by atoms with van der Waals surface area (Å²) in [5.74, 6) is 0.762. The average molecular weight is 162 g/mol. The number of hydrogen-bond donors (Lipinski definition) is 0. The summed E-state index contributed by atoms with van der Waals surface area (Å²) in [6, 6.07) is 0. The molecule has 2 heteroatoms. The Hall–Kier alpha value is 0.250. The van der Waals surface area contributed by atoms with Crippen molar-refractivity contribution < 1.29 is 0 Å². The van der Waals surface area contributed by atoms with Gasteiger partial charge in [0.15, 0.2) is 0 Å². The monoisotopic (exact) mass is 161 g/mol. The average Bonchev–Trinajstić information content (AvgIpc) is 1.88. The Balaban J connectivity index is 2.26. The first-order chi connectivity index (χ1) is 4.70. The lowest BCUT2D eigenvalue weighted by atomic mass is 9.94. The molecule has 1 aliphatic heterocycles. The van der Waals surface area contributed by atoms with Crippen LogP contribution in [0.4, 0.5) is 0 Å². The molecule has 0 N–H and O–H groups in total. The standard InChI is InChI=1S/C8H16ClN/c1-7(9)8-3-5-10(2)6-4-8/h7-8H,3-6H2,1-2H3. The summed E-state index contributed by atoms with van der Waals surface area (Å²) < 4.78 is 0. The van der Waals surface area contributed by atoms with Gasteiger partial charge in [0.05, 0.1) is 0 Å². The van der Waals surface area contributed by atoms with Crippen molar-refractivity contribution in [2.75, 3.05) is 20.1 Å². The zero-order valence-electron chi connectivity index (χ0n) is 6.81. The fourth-order valence-electron chi connectivity index (χ4n) is 1.49. The number of likely N-dealkylation sites (tertiary alicyclic amines) is 1. The molecule has 1 saturated heterocycles. The summed E-state index contributed by atoms with van der Waals surface area (Å²) >= 11 is 5.99. The first-order valence-corrected chi connectivity index (χ1v) is 4.46. The number of rotatable bonds is 1. The Kier molecular flexibility index (Phi) is 2.99. The van der Waals surface area contributed by atoms with Gasteiger partial charge in [0.2, 0.25) is 0 Å². The first-order valence-electron chi connectivity index (χ1n) is 4.03. The van der Waals surface area contributed by atoms with Gasteiger partial charge in [-0.3, -0.25) is 0 Å². The van der Waals surface area contributed by atoms with Crippen LogP contribution in [-0.2, 0) is 0 Å². The van der Waals surface area contributed by atoms with Crippen LogP contribution in [0.2, 0.25) is 0 Å². The zero-order chi connectivity index (χ0) is 7.56. The minimum Gasteiger partial charge on any atom is -0.306 e. The zero-order valence-corrected chi connectivity index (χ0v) is 7.56. The minimum absolute atomic E-state index is 0.369. The maximum Gasteiger partial charge on any atom is 0.0337 e. The van der Waals surface area contributed by atoms with Crippen molar-refractivity contribution >= 4 is 11.6 Å². The Morgan fingerprint density at radius 1 is 1.40 bits per heavy atom. The van der Waals surface area contributed by atoms with E-state index in [1.165, 1.54) is 25.9 Å². The normalized spacial score (nSPS) is 26.7. The number of alkyl halides is 1. The highest BCUT2D eigenvalue weighted by Gasteiger charge is 2.19. The third-order valence-corrected chi connectivity index (χ3v) is 2.77. The van der Waals surface area contributed by atoms with Crippen LogP contribution in [0.1, 0.15) is 19.8 Å². The van der Waals surface area contributed by atoms with Crippen molar-refractivity contribution in [2.24, 2.45) is 5.92 Å². The van der Waals surface area contributed by atoms with Gasteiger partial charge < -0.3 is 4.90 Å². The third kappa shape index (κ3) is 2.14. The molecule has 10 heavy (non-hydrogen) atoms. The van der Waals surface area contributed by atoms with Gasteiger partial charge in [-0.2, -0.15) is 0 Å². The van der Waals surface area contributed by atoms with Gasteiger partial charge in [-0.15, -0.1) is 11.6 Å². The second-order valence-electron chi connectivity index (χ2n) is 3.32. The predicted octanol–water partition coefficient (Wildman–Crippen LogP) is 1.96. The van der Waals surface area contributed by atoms with Gasteiger partial charge >= 0.3 is 0 Å². The van der Waals surface area contributed by atoms with E-state index < -0.39 is 0 Å². The van der Waals surface area contributed by atoms with Crippen molar-refractivity contribution in [3.05, 3.63) is 0 Å². The molecule has 0 radical (unpaired) electrons. The summed E-state index contributed by atoms with van der Waals surface area (Å²) in [6.07, 6.45) is 2.56. The van der Waals surface area contributed by atoms with E-state index in [1.54, 1.807) is 0 Å². The summed E-state index contributed by atoms with van der Waals surface area (Å²) in [7, 11) is 2.18. The lowest BCUT2D eigenvalue weighted by Gasteiger charge is -2.30. The fraction of sp³-hybridized carbons (Fsp3) is 1.00. The van der Waals surface area contributed by atoms with Gasteiger partial charge in [-0.1, -0.05) is 0 Å². The Morgan fingerprint density at radius 3 is 2.30 bits per heavy atom. The van der Waals surface area contributed by atoms with Crippen molar-refractivity contribution in [3.8, 4) is 0 Å². The fourth-order valence-corrected chi connectivity index (χ4v) is 1.74. The molecule has 1 atom stereocenters. The van der Waals surface area contributed by atoms with E-state index in [-0.39, 0.29) is 0 Å². The molecule has 0 bridgehead atoms. The van der Waals surface area contributed by atoms with Gasteiger partial charge in [-0.25, -0.2) is 0 Å². The second-order valence-corrected chi connectivity index (χ2v) is 4.01. The Labute approximate surface area is 68.4 Å². The highest BCUT2D eigenvalue weighted by atomic mass is 35.5. The number of nitrogens with zero attached hydrogens (tertiary/aromatic N) is 1. The van der Waals surface area contributed by atoms with Crippen LogP contribution in [0.5, 0.6) is 0 Å². The molecule has 60 valence electrons. The highest BCUT2D eigenvalue weighted by Crippen LogP contribution is 2.22. The quantitative estimate of drug-likeness (QED) is 0.532. The Morgan fingerprint density at radius 2 is 1.90 bits per heavy atom. The van der Waals surface area contributed by atoms with Crippen LogP contribution in [0, 0.1) is 5.92 Å². The molecule has 1 aliphatic rings. The summed E-state index contributed by atoms with van der Waals surface area (Å²) in [6.45, 7) is 4.56. The first kappa shape index (κ1) is 8.35. The largest absolute Gasteiger partial charge is 0.306 e. The summed E-state index contributed by atoms with van der Waals surface area (Å²) in [4.78, 5) is 2.37. The van der Waals surface area contributed by atoms with Crippen LogP contribution in [0.15, 0.2) is 0 Å². The molecule has 0 aliphatic carbocycles. The SMILES string of the molecule is CC(Cl)C1CCN(C)CC1. The predicted molar refractivity (Wildman–Crippen MR) is 45.5 cm³/mol. The molecule has 0 aromatic heterocycles. The molecular formula is C8H16ClN. The van der Waals surface area contributed by atoms with Crippen molar-refractivity contribution in [1.82, 2.24) is 4.90 Å². The topological polar surface area (TPSA) is 3.24 Å². The van der Waals surface area contributed by atoms with Crippen LogP contribution < -0.4 is 0 Å². The van der Waals surface area contributed by atoms with E-state index in [0.29, 0.717) is 5.38 Å². The van der Waals surface area contributed by atoms with E-state index in [1.807, 2.05) is 0 Å². The molecule has 0 aromatic rings. The lowest BCUT2D eigenvalue weighted by molar-refractivity contribution is 0.218. The molecule has 1 heterocycles. The van der Waals surface area contributed by atoms with Gasteiger partial charge in [0.1, 0.15) is 0 Å². The van der Waals surface area contributed by atoms with Crippen LogP contribution >= 0.6 is 11.6 Å². The lowest BCUT2D eigenvalue weighted by Crippen LogP contribution is -2.32. The number of hydrogen-bond acceptors (Lipinski definition) is 1. The molecule has 0 aromatic carbocycles. The molecule has 1 unspecified atom stereocenters. The van der Waals surface area contributed by atoms with Crippen molar-refractivity contribution in [1.29, 1.82) is 0 Å². The van der Waals surface area contributed by atoms with Crippen molar-refractivity contribution in [2.45, 2.75) is 25.1 Å². The van der Waals surface area contributed by atoms with E-state index >= 15 is 0 Å². The van der Waals surface area contributed by atoms with Crippen LogP contribution in [0.25, 0.3) is 0 Å². The van der Waals surface area contributed by atoms with E-state index in [2.05, 4.69) is 18.9 Å². The minimum atomic E-state index is 0.369. The van der Waals surface area contributed by atoms with E-state index in [9.17, 15) is 0 Å². The maximum atomic E-state index is 5.99. The highest BCUT2D eigenvalue weighted by molar-refractivity contribution is 6.20. The molecule has 1 nitrogen and oxygen atoms in total. The molecule has 0 amide bonds.